The minimum atomic E-state index is 0.00712. The number of benzene rings is 2. The summed E-state index contributed by atoms with van der Waals surface area (Å²) in [6.45, 7) is 5.69. The Morgan fingerprint density at radius 1 is 1.17 bits per heavy atom. The average Bonchev–Trinajstić information content (AvgIpc) is 2.53. The minimum absolute atomic E-state index is 0.00712. The molecule has 0 aliphatic carbocycles. The molecule has 0 saturated carbocycles. The number of amides is 1. The van der Waals surface area contributed by atoms with Crippen LogP contribution in [0.4, 0.5) is 5.69 Å². The zero-order valence-electron chi connectivity index (χ0n) is 14.4. The molecule has 1 unspecified atom stereocenters. The lowest BCUT2D eigenvalue weighted by Gasteiger charge is -2.15. The first-order valence-electron chi connectivity index (χ1n) is 8.01. The van der Waals surface area contributed by atoms with Crippen LogP contribution in [0.15, 0.2) is 42.5 Å². The maximum Gasteiger partial charge on any atom is 0.279 e. The van der Waals surface area contributed by atoms with Crippen molar-refractivity contribution in [2.45, 2.75) is 13.8 Å². The number of likely N-dealkylation sites (N-methyl/N-ethyl adjacent to an activating group) is 1. The smallest absolute Gasteiger partial charge is 0.279 e. The van der Waals surface area contributed by atoms with Crippen LogP contribution < -0.4 is 15.0 Å². The number of nitrogens with one attached hydrogen (secondary N) is 2. The largest absolute Gasteiger partial charge is 0.488 e. The van der Waals surface area contributed by atoms with Gasteiger partial charge in [0.15, 0.2) is 6.54 Å². The van der Waals surface area contributed by atoms with Gasteiger partial charge in [-0.25, -0.2) is 0 Å². The van der Waals surface area contributed by atoms with Crippen molar-refractivity contribution < 1.29 is 14.4 Å². The van der Waals surface area contributed by atoms with Crippen LogP contribution in [-0.4, -0.2) is 32.7 Å². The van der Waals surface area contributed by atoms with Crippen molar-refractivity contribution in [3.63, 3.8) is 0 Å². The molecule has 0 bridgehead atoms. The lowest BCUT2D eigenvalue weighted by molar-refractivity contribution is -0.871. The van der Waals surface area contributed by atoms with Crippen molar-refractivity contribution in [1.82, 2.24) is 0 Å². The summed E-state index contributed by atoms with van der Waals surface area (Å²) < 4.78 is 5.66. The summed E-state index contributed by atoms with van der Waals surface area (Å²) in [5.74, 6) is 0.791. The molecule has 0 heterocycles. The average molecular weight is 348 g/mol. The zero-order chi connectivity index (χ0) is 17.5. The molecule has 24 heavy (non-hydrogen) atoms. The molecule has 128 valence electrons. The summed E-state index contributed by atoms with van der Waals surface area (Å²) in [5, 5.41) is 3.67. The van der Waals surface area contributed by atoms with Crippen LogP contribution in [0.2, 0.25) is 5.02 Å². The van der Waals surface area contributed by atoms with Gasteiger partial charge in [-0.3, -0.25) is 4.79 Å². The Balaban J connectivity index is 1.75. The lowest BCUT2D eigenvalue weighted by Crippen LogP contribution is -3.10. The van der Waals surface area contributed by atoms with Gasteiger partial charge in [0.05, 0.1) is 7.05 Å². The van der Waals surface area contributed by atoms with Crippen LogP contribution in [0.1, 0.15) is 11.1 Å². The van der Waals surface area contributed by atoms with E-state index in [9.17, 15) is 4.79 Å². The number of aryl methyl sites for hydroxylation is 2. The molecule has 4 nitrogen and oxygen atoms in total. The first-order valence-corrected chi connectivity index (χ1v) is 8.38. The van der Waals surface area contributed by atoms with Crippen LogP contribution in [-0.2, 0) is 4.79 Å². The fourth-order valence-electron chi connectivity index (χ4n) is 2.30. The van der Waals surface area contributed by atoms with Crippen molar-refractivity contribution in [3.8, 4) is 5.75 Å². The highest BCUT2D eigenvalue weighted by atomic mass is 35.5. The maximum atomic E-state index is 12.2. The van der Waals surface area contributed by atoms with Crippen LogP contribution in [0.3, 0.4) is 0 Å². The van der Waals surface area contributed by atoms with Gasteiger partial charge in [-0.15, -0.1) is 0 Å². The van der Waals surface area contributed by atoms with E-state index in [2.05, 4.69) is 5.32 Å². The SMILES string of the molecule is Cc1ccc(C)c(NC(=O)C[NH+](C)CCOc2ccc(Cl)cc2)c1. The third kappa shape index (κ3) is 5.87. The molecular weight excluding hydrogens is 324 g/mol. The number of anilines is 1. The molecule has 1 atom stereocenters. The molecule has 0 aliphatic heterocycles. The van der Waals surface area contributed by atoms with Crippen LogP contribution >= 0.6 is 11.6 Å². The Hall–Kier alpha value is -2.04. The third-order valence-electron chi connectivity index (χ3n) is 3.74. The Bertz CT molecular complexity index is 686. The van der Waals surface area contributed by atoms with Gasteiger partial charge < -0.3 is 15.0 Å². The summed E-state index contributed by atoms with van der Waals surface area (Å²) in [6.07, 6.45) is 0. The predicted molar refractivity (Wildman–Crippen MR) is 98.1 cm³/mol. The van der Waals surface area contributed by atoms with Crippen LogP contribution in [0.25, 0.3) is 0 Å². The summed E-state index contributed by atoms with van der Waals surface area (Å²) >= 11 is 5.84. The van der Waals surface area contributed by atoms with Gasteiger partial charge in [0.1, 0.15) is 18.9 Å². The molecule has 2 aromatic carbocycles. The van der Waals surface area contributed by atoms with Gasteiger partial charge in [-0.2, -0.15) is 0 Å². The third-order valence-corrected chi connectivity index (χ3v) is 3.99. The molecular formula is C19H24ClN2O2+. The first-order chi connectivity index (χ1) is 11.4. The highest BCUT2D eigenvalue weighted by Crippen LogP contribution is 2.16. The number of hydrogen-bond acceptors (Lipinski definition) is 2. The molecule has 2 aromatic rings. The molecule has 2 rings (SSSR count). The summed E-state index contributed by atoms with van der Waals surface area (Å²) in [5.41, 5.74) is 3.08. The number of carbonyl (C=O) groups is 1. The number of carbonyl (C=O) groups excluding carboxylic acids is 1. The van der Waals surface area contributed by atoms with E-state index in [0.717, 1.165) is 34.0 Å². The van der Waals surface area contributed by atoms with E-state index in [1.807, 2.05) is 51.2 Å². The second kappa shape index (κ2) is 8.71. The molecule has 5 heteroatoms. The van der Waals surface area contributed by atoms with E-state index in [1.165, 1.54) is 0 Å². The van der Waals surface area contributed by atoms with E-state index in [1.54, 1.807) is 12.1 Å². The number of ether oxygens (including phenoxy) is 1. The van der Waals surface area contributed by atoms with Crippen molar-refractivity contribution in [2.75, 3.05) is 32.1 Å². The Kier molecular flexibility index (Phi) is 6.64. The summed E-state index contributed by atoms with van der Waals surface area (Å²) in [7, 11) is 1.98. The summed E-state index contributed by atoms with van der Waals surface area (Å²) in [4.78, 5) is 13.3. The minimum Gasteiger partial charge on any atom is -0.488 e. The topological polar surface area (TPSA) is 42.8 Å². The van der Waals surface area contributed by atoms with Crippen molar-refractivity contribution in [2.24, 2.45) is 0 Å². The van der Waals surface area contributed by atoms with Gasteiger partial charge >= 0.3 is 0 Å². The van der Waals surface area contributed by atoms with Gasteiger partial charge in [0.25, 0.3) is 5.91 Å². The van der Waals surface area contributed by atoms with E-state index >= 15 is 0 Å². The van der Waals surface area contributed by atoms with E-state index in [4.69, 9.17) is 16.3 Å². The highest BCUT2D eigenvalue weighted by Gasteiger charge is 2.11. The Morgan fingerprint density at radius 2 is 1.88 bits per heavy atom. The predicted octanol–water partition coefficient (Wildman–Crippen LogP) is 2.49. The molecule has 0 radical (unpaired) electrons. The normalized spacial score (nSPS) is 11.8. The van der Waals surface area contributed by atoms with E-state index < -0.39 is 0 Å². The van der Waals surface area contributed by atoms with Crippen molar-refractivity contribution in [3.05, 3.63) is 58.6 Å². The highest BCUT2D eigenvalue weighted by molar-refractivity contribution is 6.30. The maximum absolute atomic E-state index is 12.2. The van der Waals surface area contributed by atoms with Gasteiger partial charge in [0.2, 0.25) is 0 Å². The van der Waals surface area contributed by atoms with Crippen LogP contribution in [0.5, 0.6) is 5.75 Å². The standard InChI is InChI=1S/C19H23ClN2O2/c1-14-4-5-15(2)18(12-14)21-19(23)13-22(3)10-11-24-17-8-6-16(20)7-9-17/h4-9,12H,10-11,13H2,1-3H3,(H,21,23)/p+1. The number of rotatable bonds is 7. The van der Waals surface area contributed by atoms with E-state index in [-0.39, 0.29) is 5.91 Å². The fraction of sp³-hybridized carbons (Fsp3) is 0.316. The quantitative estimate of drug-likeness (QED) is 0.808. The molecule has 0 saturated heterocycles. The van der Waals surface area contributed by atoms with E-state index in [0.29, 0.717) is 18.2 Å². The monoisotopic (exact) mass is 347 g/mol. The second-order valence-electron chi connectivity index (χ2n) is 6.05. The zero-order valence-corrected chi connectivity index (χ0v) is 15.1. The van der Waals surface area contributed by atoms with Gasteiger partial charge in [0, 0.05) is 10.7 Å². The molecule has 2 N–H and O–H groups in total. The second-order valence-corrected chi connectivity index (χ2v) is 6.49. The Morgan fingerprint density at radius 3 is 2.58 bits per heavy atom. The number of hydrogen-bond donors (Lipinski definition) is 2. The molecule has 0 aliphatic rings. The molecule has 1 amide bonds. The first kappa shape index (κ1) is 18.3. The molecule has 0 aromatic heterocycles. The number of quaternary nitrogens is 1. The summed E-state index contributed by atoms with van der Waals surface area (Å²) in [6, 6.07) is 13.3. The fourth-order valence-corrected chi connectivity index (χ4v) is 2.43. The van der Waals surface area contributed by atoms with Crippen molar-refractivity contribution in [1.29, 1.82) is 0 Å². The van der Waals surface area contributed by atoms with Crippen molar-refractivity contribution >= 4 is 23.2 Å². The van der Waals surface area contributed by atoms with Gasteiger partial charge in [-0.1, -0.05) is 23.7 Å². The van der Waals surface area contributed by atoms with Crippen LogP contribution in [0, 0.1) is 13.8 Å². The number of halogens is 1. The Labute approximate surface area is 148 Å². The van der Waals surface area contributed by atoms with Gasteiger partial charge in [-0.05, 0) is 55.3 Å². The molecule has 0 spiro atoms. The lowest BCUT2D eigenvalue weighted by atomic mass is 10.1. The molecule has 0 fully saturated rings.